The van der Waals surface area contributed by atoms with Crippen molar-refractivity contribution in [3.05, 3.63) is 24.2 Å². The lowest BCUT2D eigenvalue weighted by molar-refractivity contribution is -0.145. The van der Waals surface area contributed by atoms with Crippen molar-refractivity contribution in [3.63, 3.8) is 0 Å². The number of nitrogens with zero attached hydrogens (tertiary/aromatic N) is 2. The van der Waals surface area contributed by atoms with Gasteiger partial charge >= 0.3 is 6.03 Å². The molecule has 1 atom stereocenters. The Morgan fingerprint density at radius 2 is 2.21 bits per heavy atom. The standard InChI is InChI=1S/C18H25N3O3/c22-16-18(6-2-8-20(16)12-14-4-5-14)7-9-21(13-18)17(23)19-11-15-3-1-10-24-15/h1,3,10,14H,2,4-9,11-13H2,(H,19,23)/t18-/m0/s1. The van der Waals surface area contributed by atoms with Crippen LogP contribution in [0.1, 0.15) is 37.9 Å². The number of rotatable bonds is 4. The predicted octanol–water partition coefficient (Wildman–Crippen LogP) is 2.21. The van der Waals surface area contributed by atoms with E-state index in [0.29, 0.717) is 19.6 Å². The fourth-order valence-electron chi connectivity index (χ4n) is 4.05. The first-order valence-corrected chi connectivity index (χ1v) is 9.01. The Bertz CT molecular complexity index is 611. The molecule has 2 saturated heterocycles. The van der Waals surface area contributed by atoms with E-state index in [9.17, 15) is 9.59 Å². The number of likely N-dealkylation sites (tertiary alicyclic amines) is 2. The quantitative estimate of drug-likeness (QED) is 0.920. The zero-order valence-electron chi connectivity index (χ0n) is 14.0. The molecule has 130 valence electrons. The van der Waals surface area contributed by atoms with E-state index in [1.165, 1.54) is 12.8 Å². The third-order valence-corrected chi connectivity index (χ3v) is 5.63. The van der Waals surface area contributed by atoms with Gasteiger partial charge in [0.05, 0.1) is 18.2 Å². The van der Waals surface area contributed by atoms with E-state index in [0.717, 1.165) is 44.0 Å². The first-order valence-electron chi connectivity index (χ1n) is 9.01. The minimum Gasteiger partial charge on any atom is -0.467 e. The SMILES string of the molecule is O=C(NCc1ccco1)N1CC[C@@]2(CCCN(CC3CC3)C2=O)C1. The molecule has 1 aromatic rings. The fraction of sp³-hybridized carbons (Fsp3) is 0.667. The van der Waals surface area contributed by atoms with Crippen LogP contribution in [-0.2, 0) is 11.3 Å². The zero-order chi connectivity index (χ0) is 16.6. The first kappa shape index (κ1) is 15.5. The number of nitrogens with one attached hydrogen (secondary N) is 1. The van der Waals surface area contributed by atoms with Gasteiger partial charge in [0.15, 0.2) is 0 Å². The van der Waals surface area contributed by atoms with Crippen LogP contribution < -0.4 is 5.32 Å². The Morgan fingerprint density at radius 1 is 1.33 bits per heavy atom. The number of amides is 3. The van der Waals surface area contributed by atoms with E-state index in [-0.39, 0.29) is 17.4 Å². The summed E-state index contributed by atoms with van der Waals surface area (Å²) in [6, 6.07) is 3.54. The number of hydrogen-bond acceptors (Lipinski definition) is 3. The van der Waals surface area contributed by atoms with E-state index >= 15 is 0 Å². The molecule has 0 bridgehead atoms. The number of furan rings is 1. The third-order valence-electron chi connectivity index (χ3n) is 5.63. The molecule has 2 aliphatic heterocycles. The fourth-order valence-corrected chi connectivity index (χ4v) is 4.05. The van der Waals surface area contributed by atoms with Crippen LogP contribution in [0.5, 0.6) is 0 Å². The van der Waals surface area contributed by atoms with Gasteiger partial charge < -0.3 is 19.5 Å². The molecular weight excluding hydrogens is 306 g/mol. The van der Waals surface area contributed by atoms with Crippen LogP contribution in [-0.4, -0.2) is 47.9 Å². The summed E-state index contributed by atoms with van der Waals surface area (Å²) >= 11 is 0. The second-order valence-corrected chi connectivity index (χ2v) is 7.49. The summed E-state index contributed by atoms with van der Waals surface area (Å²) in [5.41, 5.74) is -0.338. The van der Waals surface area contributed by atoms with Gasteiger partial charge in [0, 0.05) is 26.2 Å². The van der Waals surface area contributed by atoms with Gasteiger partial charge in [-0.1, -0.05) is 0 Å². The lowest BCUT2D eigenvalue weighted by Gasteiger charge is -2.39. The summed E-state index contributed by atoms with van der Waals surface area (Å²) in [5, 5.41) is 2.89. The largest absolute Gasteiger partial charge is 0.467 e. The molecule has 0 radical (unpaired) electrons. The summed E-state index contributed by atoms with van der Waals surface area (Å²) in [6.07, 6.45) is 6.88. The molecule has 3 heterocycles. The van der Waals surface area contributed by atoms with Crippen molar-refractivity contribution < 1.29 is 14.0 Å². The van der Waals surface area contributed by atoms with Gasteiger partial charge in [-0.3, -0.25) is 4.79 Å². The molecule has 0 aromatic carbocycles. The van der Waals surface area contributed by atoms with Gasteiger partial charge in [-0.05, 0) is 50.2 Å². The second-order valence-electron chi connectivity index (χ2n) is 7.49. The van der Waals surface area contributed by atoms with Gasteiger partial charge in [0.2, 0.25) is 5.91 Å². The van der Waals surface area contributed by atoms with Crippen LogP contribution in [0.4, 0.5) is 4.79 Å². The summed E-state index contributed by atoms with van der Waals surface area (Å²) in [5.74, 6) is 1.74. The van der Waals surface area contributed by atoms with Gasteiger partial charge in [-0.15, -0.1) is 0 Å². The van der Waals surface area contributed by atoms with Gasteiger partial charge in [-0.2, -0.15) is 0 Å². The number of urea groups is 1. The summed E-state index contributed by atoms with van der Waals surface area (Å²) in [6.45, 7) is 3.41. The Morgan fingerprint density at radius 3 is 2.96 bits per heavy atom. The van der Waals surface area contributed by atoms with Crippen LogP contribution in [0, 0.1) is 11.3 Å². The molecule has 6 heteroatoms. The average molecular weight is 331 g/mol. The normalized spacial score (nSPS) is 27.1. The number of hydrogen-bond donors (Lipinski definition) is 1. The van der Waals surface area contributed by atoms with Crippen LogP contribution >= 0.6 is 0 Å². The van der Waals surface area contributed by atoms with Crippen molar-refractivity contribution in [2.24, 2.45) is 11.3 Å². The molecule has 3 amide bonds. The molecule has 1 aliphatic carbocycles. The topological polar surface area (TPSA) is 65.8 Å². The molecule has 6 nitrogen and oxygen atoms in total. The van der Waals surface area contributed by atoms with Gasteiger partial charge in [0.25, 0.3) is 0 Å². The Labute approximate surface area is 142 Å². The van der Waals surface area contributed by atoms with Crippen molar-refractivity contribution in [1.29, 1.82) is 0 Å². The highest BCUT2D eigenvalue weighted by Gasteiger charge is 2.49. The smallest absolute Gasteiger partial charge is 0.317 e. The van der Waals surface area contributed by atoms with E-state index in [4.69, 9.17) is 4.42 Å². The molecule has 1 spiro atoms. The lowest BCUT2D eigenvalue weighted by Crippen LogP contribution is -2.51. The van der Waals surface area contributed by atoms with Crippen LogP contribution in [0.25, 0.3) is 0 Å². The van der Waals surface area contributed by atoms with Gasteiger partial charge in [0.1, 0.15) is 5.76 Å². The van der Waals surface area contributed by atoms with E-state index in [1.54, 1.807) is 11.2 Å². The molecule has 3 aliphatic rings. The van der Waals surface area contributed by atoms with E-state index in [2.05, 4.69) is 10.2 Å². The van der Waals surface area contributed by atoms with Crippen molar-refractivity contribution in [3.8, 4) is 0 Å². The molecule has 1 aromatic heterocycles. The zero-order valence-corrected chi connectivity index (χ0v) is 14.0. The summed E-state index contributed by atoms with van der Waals surface area (Å²) in [4.78, 5) is 29.2. The Hall–Kier alpha value is -1.98. The van der Waals surface area contributed by atoms with Crippen molar-refractivity contribution in [2.75, 3.05) is 26.2 Å². The second kappa shape index (κ2) is 6.15. The molecule has 0 unspecified atom stereocenters. The lowest BCUT2D eigenvalue weighted by atomic mass is 9.78. The maximum Gasteiger partial charge on any atom is 0.317 e. The van der Waals surface area contributed by atoms with Crippen LogP contribution in [0.3, 0.4) is 0 Å². The highest BCUT2D eigenvalue weighted by molar-refractivity contribution is 5.85. The van der Waals surface area contributed by atoms with E-state index < -0.39 is 0 Å². The van der Waals surface area contributed by atoms with E-state index in [1.807, 2.05) is 12.1 Å². The predicted molar refractivity (Wildman–Crippen MR) is 88.1 cm³/mol. The maximum atomic E-state index is 13.0. The highest BCUT2D eigenvalue weighted by Crippen LogP contribution is 2.41. The summed E-state index contributed by atoms with van der Waals surface area (Å²) < 4.78 is 5.24. The molecule has 3 fully saturated rings. The Kier molecular flexibility index (Phi) is 3.98. The molecule has 4 rings (SSSR count). The van der Waals surface area contributed by atoms with Crippen molar-refractivity contribution in [2.45, 2.75) is 38.6 Å². The third kappa shape index (κ3) is 3.01. The Balaban J connectivity index is 1.35. The minimum absolute atomic E-state index is 0.101. The van der Waals surface area contributed by atoms with Crippen molar-refractivity contribution >= 4 is 11.9 Å². The monoisotopic (exact) mass is 331 g/mol. The molecule has 1 N–H and O–H groups in total. The van der Waals surface area contributed by atoms with Crippen LogP contribution in [0.15, 0.2) is 22.8 Å². The minimum atomic E-state index is -0.338. The highest BCUT2D eigenvalue weighted by atomic mass is 16.3. The number of carbonyl (C=O) groups is 2. The number of carbonyl (C=O) groups excluding carboxylic acids is 2. The van der Waals surface area contributed by atoms with Crippen LogP contribution in [0.2, 0.25) is 0 Å². The maximum absolute atomic E-state index is 13.0. The molecule has 1 saturated carbocycles. The average Bonchev–Trinajstić information content (AvgIpc) is 3.09. The van der Waals surface area contributed by atoms with Crippen molar-refractivity contribution in [1.82, 2.24) is 15.1 Å². The molecular formula is C18H25N3O3. The summed E-state index contributed by atoms with van der Waals surface area (Å²) in [7, 11) is 0. The molecule has 24 heavy (non-hydrogen) atoms. The first-order chi connectivity index (χ1) is 11.7. The number of piperidine rings is 1. The van der Waals surface area contributed by atoms with Gasteiger partial charge in [-0.25, -0.2) is 4.79 Å².